The maximum absolute atomic E-state index is 12.2. The van der Waals surface area contributed by atoms with Crippen molar-refractivity contribution in [2.45, 2.75) is 31.8 Å². The van der Waals surface area contributed by atoms with E-state index in [1.54, 1.807) is 4.90 Å². The molecule has 3 nitrogen and oxygen atoms in total. The van der Waals surface area contributed by atoms with E-state index in [9.17, 15) is 4.79 Å². The molecule has 1 aromatic carbocycles. The standard InChI is InChI=1S/C14H19ClN2O.ClH/c1-17(10-11-5-7-12(15)8-6-11)14(18)13-4-2-3-9-16-13;/h5-8,13,16H,2-4,9-10H2,1H3;1H/t13-;/m1./s1. The highest BCUT2D eigenvalue weighted by atomic mass is 35.5. The van der Waals surface area contributed by atoms with Crippen LogP contribution < -0.4 is 5.32 Å². The lowest BCUT2D eigenvalue weighted by Crippen LogP contribution is -2.46. The summed E-state index contributed by atoms with van der Waals surface area (Å²) in [5.41, 5.74) is 1.10. The lowest BCUT2D eigenvalue weighted by Gasteiger charge is -2.27. The van der Waals surface area contributed by atoms with Gasteiger partial charge in [0.25, 0.3) is 0 Å². The van der Waals surface area contributed by atoms with E-state index in [0.29, 0.717) is 6.54 Å². The number of piperidine rings is 1. The van der Waals surface area contributed by atoms with Gasteiger partial charge in [0.05, 0.1) is 6.04 Å². The van der Waals surface area contributed by atoms with Crippen LogP contribution in [-0.2, 0) is 11.3 Å². The molecule has 5 heteroatoms. The molecule has 2 rings (SSSR count). The molecule has 1 aliphatic rings. The second-order valence-corrected chi connectivity index (χ2v) is 5.26. The zero-order valence-electron chi connectivity index (χ0n) is 11.1. The van der Waals surface area contributed by atoms with Gasteiger partial charge in [-0.1, -0.05) is 30.2 Å². The van der Waals surface area contributed by atoms with Gasteiger partial charge >= 0.3 is 0 Å². The predicted molar refractivity (Wildman–Crippen MR) is 80.8 cm³/mol. The van der Waals surface area contributed by atoms with Gasteiger partial charge < -0.3 is 10.2 Å². The summed E-state index contributed by atoms with van der Waals surface area (Å²) in [6.45, 7) is 1.58. The molecule has 0 unspecified atom stereocenters. The number of halogens is 2. The third-order valence-electron chi connectivity index (χ3n) is 3.32. The van der Waals surface area contributed by atoms with Crippen LogP contribution in [0.1, 0.15) is 24.8 Å². The minimum absolute atomic E-state index is 0. The third kappa shape index (κ3) is 4.68. The molecular formula is C14H20Cl2N2O. The van der Waals surface area contributed by atoms with E-state index < -0.39 is 0 Å². The summed E-state index contributed by atoms with van der Waals surface area (Å²) in [6.07, 6.45) is 3.26. The summed E-state index contributed by atoms with van der Waals surface area (Å²) >= 11 is 5.84. The highest BCUT2D eigenvalue weighted by Crippen LogP contribution is 2.13. The maximum Gasteiger partial charge on any atom is 0.239 e. The molecule has 1 atom stereocenters. The Morgan fingerprint density at radius 2 is 2.05 bits per heavy atom. The maximum atomic E-state index is 12.2. The number of benzene rings is 1. The number of nitrogens with one attached hydrogen (secondary N) is 1. The number of rotatable bonds is 3. The summed E-state index contributed by atoms with van der Waals surface area (Å²) in [5.74, 6) is 0.185. The summed E-state index contributed by atoms with van der Waals surface area (Å²) < 4.78 is 0. The van der Waals surface area contributed by atoms with E-state index in [4.69, 9.17) is 11.6 Å². The molecule has 19 heavy (non-hydrogen) atoms. The van der Waals surface area contributed by atoms with Crippen molar-refractivity contribution in [3.05, 3.63) is 34.9 Å². The number of hydrogen-bond acceptors (Lipinski definition) is 2. The van der Waals surface area contributed by atoms with Crippen LogP contribution in [0, 0.1) is 0 Å². The molecule has 1 aliphatic heterocycles. The largest absolute Gasteiger partial charge is 0.340 e. The van der Waals surface area contributed by atoms with E-state index >= 15 is 0 Å². The zero-order valence-corrected chi connectivity index (χ0v) is 12.6. The van der Waals surface area contributed by atoms with Gasteiger partial charge in [0.2, 0.25) is 5.91 Å². The summed E-state index contributed by atoms with van der Waals surface area (Å²) in [6, 6.07) is 7.62. The van der Waals surface area contributed by atoms with Gasteiger partial charge in [-0.05, 0) is 37.1 Å². The quantitative estimate of drug-likeness (QED) is 0.931. The predicted octanol–water partition coefficient (Wildman–Crippen LogP) is 2.86. The highest BCUT2D eigenvalue weighted by Gasteiger charge is 2.23. The van der Waals surface area contributed by atoms with Crippen LogP contribution in [0.4, 0.5) is 0 Å². The Labute approximate surface area is 125 Å². The Hall–Kier alpha value is -0.770. The summed E-state index contributed by atoms with van der Waals surface area (Å²) in [7, 11) is 1.85. The molecule has 0 radical (unpaired) electrons. The van der Waals surface area contributed by atoms with Gasteiger partial charge in [-0.2, -0.15) is 0 Å². The second kappa shape index (κ2) is 7.73. The third-order valence-corrected chi connectivity index (χ3v) is 3.57. The lowest BCUT2D eigenvalue weighted by atomic mass is 10.0. The Kier molecular flexibility index (Phi) is 6.63. The first-order chi connectivity index (χ1) is 8.66. The topological polar surface area (TPSA) is 32.3 Å². The average molecular weight is 303 g/mol. The van der Waals surface area contributed by atoms with Crippen molar-refractivity contribution in [1.29, 1.82) is 0 Å². The Morgan fingerprint density at radius 3 is 2.63 bits per heavy atom. The van der Waals surface area contributed by atoms with Gasteiger partial charge in [0.15, 0.2) is 0 Å². The molecular weight excluding hydrogens is 283 g/mol. The molecule has 106 valence electrons. The number of likely N-dealkylation sites (N-methyl/N-ethyl adjacent to an activating group) is 1. The van der Waals surface area contributed by atoms with Crippen LogP contribution in [0.5, 0.6) is 0 Å². The molecule has 1 amide bonds. The van der Waals surface area contributed by atoms with Crippen LogP contribution in [0.3, 0.4) is 0 Å². The van der Waals surface area contributed by atoms with Crippen molar-refractivity contribution in [1.82, 2.24) is 10.2 Å². The van der Waals surface area contributed by atoms with E-state index in [2.05, 4.69) is 5.32 Å². The average Bonchev–Trinajstić information content (AvgIpc) is 2.41. The minimum atomic E-state index is -0.00366. The molecule has 0 bridgehead atoms. The number of carbonyl (C=O) groups excluding carboxylic acids is 1. The van der Waals surface area contributed by atoms with E-state index in [0.717, 1.165) is 30.0 Å². The molecule has 0 aromatic heterocycles. The normalized spacial score (nSPS) is 18.5. The Bertz CT molecular complexity index is 402. The van der Waals surface area contributed by atoms with Crippen molar-refractivity contribution in [2.24, 2.45) is 0 Å². The van der Waals surface area contributed by atoms with Crippen LogP contribution in [-0.4, -0.2) is 30.4 Å². The molecule has 1 aromatic rings. The molecule has 1 N–H and O–H groups in total. The second-order valence-electron chi connectivity index (χ2n) is 4.82. The molecule has 0 spiro atoms. The van der Waals surface area contributed by atoms with Crippen LogP contribution >= 0.6 is 24.0 Å². The fraction of sp³-hybridized carbons (Fsp3) is 0.500. The van der Waals surface area contributed by atoms with Crippen molar-refractivity contribution in [3.8, 4) is 0 Å². The molecule has 0 aliphatic carbocycles. The van der Waals surface area contributed by atoms with Gasteiger partial charge in [-0.15, -0.1) is 12.4 Å². The molecule has 1 fully saturated rings. The fourth-order valence-corrected chi connectivity index (χ4v) is 2.40. The van der Waals surface area contributed by atoms with E-state index in [-0.39, 0.29) is 24.4 Å². The van der Waals surface area contributed by atoms with Gasteiger partial charge in [-0.25, -0.2) is 0 Å². The zero-order chi connectivity index (χ0) is 13.0. The van der Waals surface area contributed by atoms with Gasteiger partial charge in [-0.3, -0.25) is 4.79 Å². The van der Waals surface area contributed by atoms with E-state index in [1.807, 2.05) is 31.3 Å². The number of hydrogen-bond donors (Lipinski definition) is 1. The van der Waals surface area contributed by atoms with Crippen LogP contribution in [0.25, 0.3) is 0 Å². The lowest BCUT2D eigenvalue weighted by molar-refractivity contribution is -0.133. The summed E-state index contributed by atoms with van der Waals surface area (Å²) in [4.78, 5) is 14.0. The van der Waals surface area contributed by atoms with Crippen molar-refractivity contribution in [3.63, 3.8) is 0 Å². The van der Waals surface area contributed by atoms with Crippen molar-refractivity contribution >= 4 is 29.9 Å². The van der Waals surface area contributed by atoms with Crippen molar-refractivity contribution < 1.29 is 4.79 Å². The first-order valence-corrected chi connectivity index (χ1v) is 6.77. The molecule has 1 saturated heterocycles. The van der Waals surface area contributed by atoms with Crippen LogP contribution in [0.2, 0.25) is 5.02 Å². The Balaban J connectivity index is 0.00000180. The Morgan fingerprint density at radius 1 is 1.37 bits per heavy atom. The minimum Gasteiger partial charge on any atom is -0.340 e. The SMILES string of the molecule is CN(Cc1ccc(Cl)cc1)C(=O)[C@H]1CCCCN1.Cl. The summed E-state index contributed by atoms with van der Waals surface area (Å²) in [5, 5.41) is 4.01. The monoisotopic (exact) mass is 302 g/mol. The van der Waals surface area contributed by atoms with Gasteiger partial charge in [0, 0.05) is 18.6 Å². The van der Waals surface area contributed by atoms with Crippen LogP contribution in [0.15, 0.2) is 24.3 Å². The first-order valence-electron chi connectivity index (χ1n) is 6.39. The van der Waals surface area contributed by atoms with E-state index in [1.165, 1.54) is 6.42 Å². The number of amides is 1. The molecule has 1 heterocycles. The first kappa shape index (κ1) is 16.3. The number of nitrogens with zero attached hydrogens (tertiary/aromatic N) is 1. The fourth-order valence-electron chi connectivity index (χ4n) is 2.27. The van der Waals surface area contributed by atoms with Crippen molar-refractivity contribution in [2.75, 3.05) is 13.6 Å². The smallest absolute Gasteiger partial charge is 0.239 e. The number of carbonyl (C=O) groups is 1. The van der Waals surface area contributed by atoms with Gasteiger partial charge in [0.1, 0.15) is 0 Å². The highest BCUT2D eigenvalue weighted by molar-refractivity contribution is 6.30. The molecule has 0 saturated carbocycles.